The van der Waals surface area contributed by atoms with E-state index in [2.05, 4.69) is 15.0 Å². The van der Waals surface area contributed by atoms with Gasteiger partial charge in [0.1, 0.15) is 0 Å². The van der Waals surface area contributed by atoms with Crippen molar-refractivity contribution in [1.29, 1.82) is 0 Å². The number of nitrogens with zero attached hydrogens (tertiary/aromatic N) is 2. The van der Waals surface area contributed by atoms with E-state index in [-0.39, 0.29) is 24.2 Å². The van der Waals surface area contributed by atoms with Gasteiger partial charge >= 0.3 is 6.18 Å². The van der Waals surface area contributed by atoms with Crippen LogP contribution in [0.15, 0.2) is 18.3 Å². The Labute approximate surface area is 150 Å². The van der Waals surface area contributed by atoms with Crippen LogP contribution in [0, 0.1) is 5.41 Å². The highest BCUT2D eigenvalue weighted by Crippen LogP contribution is 2.37. The molecule has 0 radical (unpaired) electrons. The Balaban J connectivity index is 0.00000225. The molecule has 1 amide bonds. The monoisotopic (exact) mass is 379 g/mol. The van der Waals surface area contributed by atoms with E-state index in [4.69, 9.17) is 0 Å². The lowest BCUT2D eigenvalue weighted by atomic mass is 9.78. The SMILES string of the molecule is Cl.O=C(c1ccc(OCC(F)(F)F)nc1)N1CCC2(CCNC2)CC1. The van der Waals surface area contributed by atoms with Gasteiger partial charge in [-0.25, -0.2) is 4.98 Å². The second-order valence-corrected chi connectivity index (χ2v) is 6.51. The van der Waals surface area contributed by atoms with Crippen LogP contribution in [-0.4, -0.2) is 54.8 Å². The van der Waals surface area contributed by atoms with Crippen LogP contribution in [0.3, 0.4) is 0 Å². The lowest BCUT2D eigenvalue weighted by molar-refractivity contribution is -0.154. The largest absolute Gasteiger partial charge is 0.468 e. The fourth-order valence-electron chi connectivity index (χ4n) is 3.34. The number of pyridine rings is 1. The number of carbonyl (C=O) groups excluding carboxylic acids is 1. The van der Waals surface area contributed by atoms with Crippen molar-refractivity contribution in [3.8, 4) is 5.88 Å². The minimum Gasteiger partial charge on any atom is -0.468 e. The van der Waals surface area contributed by atoms with Crippen molar-refractivity contribution >= 4 is 18.3 Å². The van der Waals surface area contributed by atoms with Gasteiger partial charge in [-0.3, -0.25) is 4.79 Å². The first kappa shape index (κ1) is 19.8. The summed E-state index contributed by atoms with van der Waals surface area (Å²) in [6.45, 7) is 2.06. The highest BCUT2D eigenvalue weighted by atomic mass is 35.5. The number of piperidine rings is 1. The summed E-state index contributed by atoms with van der Waals surface area (Å²) in [6.07, 6.45) is -0.0235. The van der Waals surface area contributed by atoms with Crippen LogP contribution in [0.1, 0.15) is 29.6 Å². The van der Waals surface area contributed by atoms with Crippen molar-refractivity contribution in [3.63, 3.8) is 0 Å². The molecule has 2 saturated heterocycles. The molecule has 25 heavy (non-hydrogen) atoms. The lowest BCUT2D eigenvalue weighted by Crippen LogP contribution is -2.44. The van der Waals surface area contributed by atoms with Crippen LogP contribution < -0.4 is 10.1 Å². The van der Waals surface area contributed by atoms with E-state index in [1.54, 1.807) is 4.90 Å². The fraction of sp³-hybridized carbons (Fsp3) is 0.625. The number of ether oxygens (including phenoxy) is 1. The summed E-state index contributed by atoms with van der Waals surface area (Å²) in [6, 6.07) is 2.76. The molecule has 0 bridgehead atoms. The number of hydrogen-bond donors (Lipinski definition) is 1. The normalized spacial score (nSPS) is 19.6. The molecule has 1 spiro atoms. The number of aromatic nitrogens is 1. The fourth-order valence-corrected chi connectivity index (χ4v) is 3.34. The number of likely N-dealkylation sites (tertiary alicyclic amines) is 1. The number of rotatable bonds is 3. The molecule has 1 aromatic heterocycles. The first-order valence-corrected chi connectivity index (χ1v) is 8.03. The van der Waals surface area contributed by atoms with Gasteiger partial charge in [-0.1, -0.05) is 0 Å². The molecule has 0 aromatic carbocycles. The lowest BCUT2D eigenvalue weighted by Gasteiger charge is -2.38. The van der Waals surface area contributed by atoms with E-state index < -0.39 is 12.8 Å². The minimum absolute atomic E-state index is 0. The van der Waals surface area contributed by atoms with Gasteiger partial charge in [-0.15, -0.1) is 12.4 Å². The molecule has 2 fully saturated rings. The van der Waals surface area contributed by atoms with E-state index in [1.165, 1.54) is 18.3 Å². The molecule has 1 N–H and O–H groups in total. The number of hydrogen-bond acceptors (Lipinski definition) is 4. The van der Waals surface area contributed by atoms with Gasteiger partial charge in [0.15, 0.2) is 6.61 Å². The Morgan fingerprint density at radius 2 is 2.00 bits per heavy atom. The Morgan fingerprint density at radius 1 is 1.28 bits per heavy atom. The molecule has 2 aliphatic rings. The maximum Gasteiger partial charge on any atom is 0.422 e. The van der Waals surface area contributed by atoms with E-state index in [0.717, 1.165) is 32.4 Å². The number of alkyl halides is 3. The van der Waals surface area contributed by atoms with Gasteiger partial charge in [0.05, 0.1) is 5.56 Å². The Kier molecular flexibility index (Phi) is 6.16. The Morgan fingerprint density at radius 3 is 2.52 bits per heavy atom. The summed E-state index contributed by atoms with van der Waals surface area (Å²) in [5.74, 6) is -0.274. The van der Waals surface area contributed by atoms with E-state index in [9.17, 15) is 18.0 Å². The van der Waals surface area contributed by atoms with E-state index in [0.29, 0.717) is 24.1 Å². The summed E-state index contributed by atoms with van der Waals surface area (Å²) in [4.78, 5) is 18.1. The minimum atomic E-state index is -4.41. The molecule has 2 aliphatic heterocycles. The summed E-state index contributed by atoms with van der Waals surface area (Å²) in [5, 5.41) is 3.38. The van der Waals surface area contributed by atoms with Crippen LogP contribution in [-0.2, 0) is 0 Å². The van der Waals surface area contributed by atoms with Gasteiger partial charge in [0, 0.05) is 31.9 Å². The molecule has 0 atom stereocenters. The van der Waals surface area contributed by atoms with Crippen LogP contribution in [0.5, 0.6) is 5.88 Å². The molecule has 5 nitrogen and oxygen atoms in total. The average molecular weight is 380 g/mol. The molecule has 0 saturated carbocycles. The zero-order chi connectivity index (χ0) is 17.2. The number of carbonyl (C=O) groups is 1. The predicted molar refractivity (Wildman–Crippen MR) is 88.1 cm³/mol. The molecular weight excluding hydrogens is 359 g/mol. The molecule has 1 aromatic rings. The molecule has 140 valence electrons. The standard InChI is InChI=1S/C16H20F3N3O2.ClH/c17-16(18,19)11-24-13-2-1-12(9-21-13)14(23)22-7-4-15(5-8-22)3-6-20-10-15;/h1-2,9,20H,3-8,10-11H2;1H. The zero-order valence-electron chi connectivity index (χ0n) is 13.6. The van der Waals surface area contributed by atoms with Crippen molar-refractivity contribution in [2.75, 3.05) is 32.8 Å². The molecular formula is C16H21ClF3N3O2. The third kappa shape index (κ3) is 4.98. The maximum atomic E-state index is 12.5. The molecule has 0 aliphatic carbocycles. The van der Waals surface area contributed by atoms with Crippen molar-refractivity contribution in [3.05, 3.63) is 23.9 Å². The van der Waals surface area contributed by atoms with Crippen LogP contribution in [0.4, 0.5) is 13.2 Å². The quantitative estimate of drug-likeness (QED) is 0.877. The average Bonchev–Trinajstić information content (AvgIpc) is 3.01. The van der Waals surface area contributed by atoms with Gasteiger partial charge in [0.2, 0.25) is 5.88 Å². The smallest absolute Gasteiger partial charge is 0.422 e. The van der Waals surface area contributed by atoms with Crippen molar-refractivity contribution in [2.24, 2.45) is 5.41 Å². The first-order chi connectivity index (χ1) is 11.4. The predicted octanol–water partition coefficient (Wildman–Crippen LogP) is 2.66. The van der Waals surface area contributed by atoms with Gasteiger partial charge in [-0.2, -0.15) is 13.2 Å². The van der Waals surface area contributed by atoms with Gasteiger partial charge < -0.3 is 15.0 Å². The molecule has 0 unspecified atom stereocenters. The van der Waals surface area contributed by atoms with Gasteiger partial charge in [-0.05, 0) is 37.3 Å². The summed E-state index contributed by atoms with van der Waals surface area (Å²) in [5.41, 5.74) is 0.694. The van der Waals surface area contributed by atoms with Crippen LogP contribution >= 0.6 is 12.4 Å². The number of amides is 1. The van der Waals surface area contributed by atoms with Crippen molar-refractivity contribution in [1.82, 2.24) is 15.2 Å². The van der Waals surface area contributed by atoms with Crippen molar-refractivity contribution < 1.29 is 22.7 Å². The number of halogens is 4. The highest BCUT2D eigenvalue weighted by Gasteiger charge is 2.38. The third-order valence-electron chi connectivity index (χ3n) is 4.81. The Hall–Kier alpha value is -1.54. The van der Waals surface area contributed by atoms with E-state index >= 15 is 0 Å². The Bertz CT molecular complexity index is 579. The molecule has 9 heteroatoms. The maximum absolute atomic E-state index is 12.5. The third-order valence-corrected chi connectivity index (χ3v) is 4.81. The topological polar surface area (TPSA) is 54.5 Å². The first-order valence-electron chi connectivity index (χ1n) is 8.03. The second-order valence-electron chi connectivity index (χ2n) is 6.51. The number of nitrogens with one attached hydrogen (secondary N) is 1. The molecule has 3 rings (SSSR count). The van der Waals surface area contributed by atoms with Crippen molar-refractivity contribution in [2.45, 2.75) is 25.4 Å². The highest BCUT2D eigenvalue weighted by molar-refractivity contribution is 5.94. The second kappa shape index (κ2) is 7.78. The van der Waals surface area contributed by atoms with E-state index in [1.807, 2.05) is 0 Å². The van der Waals surface area contributed by atoms with Crippen LogP contribution in [0.25, 0.3) is 0 Å². The summed E-state index contributed by atoms with van der Waals surface area (Å²) < 4.78 is 40.8. The van der Waals surface area contributed by atoms with Gasteiger partial charge in [0.25, 0.3) is 5.91 Å². The summed E-state index contributed by atoms with van der Waals surface area (Å²) >= 11 is 0. The van der Waals surface area contributed by atoms with Crippen LogP contribution in [0.2, 0.25) is 0 Å². The summed E-state index contributed by atoms with van der Waals surface area (Å²) in [7, 11) is 0. The zero-order valence-corrected chi connectivity index (χ0v) is 14.5. The molecule has 3 heterocycles.